The van der Waals surface area contributed by atoms with E-state index in [4.69, 9.17) is 9.47 Å². The Bertz CT molecular complexity index is 1350. The molecule has 3 atom stereocenters. The van der Waals surface area contributed by atoms with E-state index < -0.39 is 21.0 Å². The second-order valence-corrected chi connectivity index (χ2v) is 12.9. The SMILES string of the molecule is COc1ccc2c(C(C)CS(=O)(=O)CCC3(C)CC(C)=C4C(=CC(C)=CC4(C)O)O3)cccc2c1. The fourth-order valence-corrected chi connectivity index (χ4v) is 7.52. The van der Waals surface area contributed by atoms with Crippen LogP contribution in [0.4, 0.5) is 0 Å². The average molecular weight is 497 g/mol. The fraction of sp³-hybridized carbons (Fsp3) is 0.448. The van der Waals surface area contributed by atoms with Crippen molar-refractivity contribution < 1.29 is 23.0 Å². The maximum Gasteiger partial charge on any atom is 0.151 e. The van der Waals surface area contributed by atoms with Crippen LogP contribution in [0.15, 0.2) is 71.0 Å². The summed E-state index contributed by atoms with van der Waals surface area (Å²) in [5.41, 5.74) is 2.07. The number of hydrogen-bond donors (Lipinski definition) is 1. The molecule has 0 amide bonds. The predicted molar refractivity (Wildman–Crippen MR) is 141 cm³/mol. The quantitative estimate of drug-likeness (QED) is 0.521. The van der Waals surface area contributed by atoms with Gasteiger partial charge >= 0.3 is 0 Å². The molecule has 2 aromatic carbocycles. The van der Waals surface area contributed by atoms with Gasteiger partial charge < -0.3 is 14.6 Å². The third-order valence-corrected chi connectivity index (χ3v) is 8.97. The van der Waals surface area contributed by atoms with Gasteiger partial charge in [0.2, 0.25) is 0 Å². The molecule has 35 heavy (non-hydrogen) atoms. The van der Waals surface area contributed by atoms with Gasteiger partial charge in [0, 0.05) is 18.4 Å². The van der Waals surface area contributed by atoms with Gasteiger partial charge in [-0.05, 0) is 79.8 Å². The number of allylic oxidation sites excluding steroid dienone is 2. The standard InChI is InChI=1S/C29H36O5S/c1-19-14-26-27(29(5,30)16-19)20(2)17-28(4,34-26)12-13-35(31,32)18-21(3)24-9-7-8-22-15-23(33-6)10-11-25(22)24/h7-11,14-16,21,30H,12-13,17-18H2,1-6H3. The number of ether oxygens (including phenoxy) is 2. The molecule has 6 heteroatoms. The first-order valence-corrected chi connectivity index (χ1v) is 13.9. The Morgan fingerprint density at radius 2 is 1.91 bits per heavy atom. The van der Waals surface area contributed by atoms with Crippen molar-refractivity contribution in [2.24, 2.45) is 0 Å². The molecule has 5 nitrogen and oxygen atoms in total. The first-order valence-electron chi connectivity index (χ1n) is 12.1. The molecule has 3 unspecified atom stereocenters. The third-order valence-electron chi connectivity index (χ3n) is 7.14. The first kappa shape index (κ1) is 25.5. The summed E-state index contributed by atoms with van der Waals surface area (Å²) >= 11 is 0. The van der Waals surface area contributed by atoms with Crippen LogP contribution < -0.4 is 4.74 Å². The molecular weight excluding hydrogens is 460 g/mol. The molecule has 0 saturated heterocycles. The van der Waals surface area contributed by atoms with Crippen LogP contribution in [-0.2, 0) is 14.6 Å². The number of benzene rings is 2. The molecule has 1 heterocycles. The minimum absolute atomic E-state index is 0.0491. The van der Waals surface area contributed by atoms with Gasteiger partial charge in [0.25, 0.3) is 0 Å². The Hall–Kier alpha value is -2.57. The zero-order valence-electron chi connectivity index (χ0n) is 21.5. The van der Waals surface area contributed by atoms with Gasteiger partial charge in [-0.2, -0.15) is 0 Å². The van der Waals surface area contributed by atoms with E-state index in [1.54, 1.807) is 14.0 Å². The van der Waals surface area contributed by atoms with Gasteiger partial charge in [-0.3, -0.25) is 0 Å². The van der Waals surface area contributed by atoms with Crippen molar-refractivity contribution in [1.82, 2.24) is 0 Å². The van der Waals surface area contributed by atoms with Gasteiger partial charge in [0.05, 0.1) is 18.6 Å². The van der Waals surface area contributed by atoms with Crippen LogP contribution in [0.5, 0.6) is 5.75 Å². The van der Waals surface area contributed by atoms with Crippen LogP contribution in [-0.4, -0.2) is 43.3 Å². The molecule has 0 spiro atoms. The molecule has 0 radical (unpaired) electrons. The highest BCUT2D eigenvalue weighted by Crippen LogP contribution is 2.44. The van der Waals surface area contributed by atoms with Crippen molar-refractivity contribution in [2.75, 3.05) is 18.6 Å². The molecule has 2 aromatic rings. The number of fused-ring (bicyclic) bond motifs is 2. The van der Waals surface area contributed by atoms with Crippen LogP contribution in [0, 0.1) is 0 Å². The Balaban J connectivity index is 1.49. The van der Waals surface area contributed by atoms with Crippen molar-refractivity contribution >= 4 is 20.6 Å². The molecule has 4 rings (SSSR count). The summed E-state index contributed by atoms with van der Waals surface area (Å²) in [6.45, 7) is 9.63. The lowest BCUT2D eigenvalue weighted by molar-refractivity contribution is -0.00150. The van der Waals surface area contributed by atoms with Crippen LogP contribution in [0.2, 0.25) is 0 Å². The highest BCUT2D eigenvalue weighted by Gasteiger charge is 2.42. The molecule has 0 aromatic heterocycles. The van der Waals surface area contributed by atoms with Crippen molar-refractivity contribution in [2.45, 2.75) is 64.6 Å². The number of rotatable bonds is 7. The summed E-state index contributed by atoms with van der Waals surface area (Å²) in [5.74, 6) is 1.41. The summed E-state index contributed by atoms with van der Waals surface area (Å²) in [6, 6.07) is 11.9. The van der Waals surface area contributed by atoms with E-state index in [1.807, 2.05) is 76.2 Å². The molecule has 0 bridgehead atoms. The fourth-order valence-electron chi connectivity index (χ4n) is 5.67. The van der Waals surface area contributed by atoms with Crippen molar-refractivity contribution in [3.05, 3.63) is 76.6 Å². The largest absolute Gasteiger partial charge is 0.497 e. The van der Waals surface area contributed by atoms with Gasteiger partial charge in [0.15, 0.2) is 9.84 Å². The lowest BCUT2D eigenvalue weighted by Gasteiger charge is -2.42. The summed E-state index contributed by atoms with van der Waals surface area (Å²) in [7, 11) is -1.69. The molecule has 1 aliphatic heterocycles. The molecular formula is C29H36O5S. The smallest absolute Gasteiger partial charge is 0.151 e. The van der Waals surface area contributed by atoms with E-state index in [1.165, 1.54) is 0 Å². The van der Waals surface area contributed by atoms with E-state index in [2.05, 4.69) is 0 Å². The monoisotopic (exact) mass is 496 g/mol. The van der Waals surface area contributed by atoms with E-state index in [-0.39, 0.29) is 17.4 Å². The van der Waals surface area contributed by atoms with Crippen LogP contribution in [0.1, 0.15) is 58.9 Å². The predicted octanol–water partition coefficient (Wildman–Crippen LogP) is 5.85. The Kier molecular flexibility index (Phi) is 6.66. The van der Waals surface area contributed by atoms with Crippen molar-refractivity contribution in [3.63, 3.8) is 0 Å². The summed E-state index contributed by atoms with van der Waals surface area (Å²) < 4.78 is 38.1. The molecule has 1 aliphatic carbocycles. The second-order valence-electron chi connectivity index (χ2n) is 10.6. The maximum absolute atomic E-state index is 13.2. The Morgan fingerprint density at radius 3 is 2.63 bits per heavy atom. The van der Waals surface area contributed by atoms with Gasteiger partial charge in [-0.25, -0.2) is 8.42 Å². The van der Waals surface area contributed by atoms with Gasteiger partial charge in [0.1, 0.15) is 22.7 Å². The van der Waals surface area contributed by atoms with Crippen molar-refractivity contribution in [1.29, 1.82) is 0 Å². The zero-order valence-corrected chi connectivity index (χ0v) is 22.3. The Labute approximate surface area is 209 Å². The molecule has 2 aliphatic rings. The number of hydrogen-bond acceptors (Lipinski definition) is 5. The average Bonchev–Trinajstić information content (AvgIpc) is 2.75. The van der Waals surface area contributed by atoms with Crippen LogP contribution >= 0.6 is 0 Å². The van der Waals surface area contributed by atoms with Crippen molar-refractivity contribution in [3.8, 4) is 5.75 Å². The van der Waals surface area contributed by atoms with Gasteiger partial charge in [-0.15, -0.1) is 0 Å². The lowest BCUT2D eigenvalue weighted by atomic mass is 9.78. The van der Waals surface area contributed by atoms with E-state index >= 15 is 0 Å². The summed E-state index contributed by atoms with van der Waals surface area (Å²) in [6.07, 6.45) is 4.73. The number of methoxy groups -OCH3 is 1. The third kappa shape index (κ3) is 5.34. The lowest BCUT2D eigenvalue weighted by Crippen LogP contribution is -2.41. The first-order chi connectivity index (χ1) is 16.3. The molecule has 0 saturated carbocycles. The normalized spacial score (nSPS) is 25.5. The topological polar surface area (TPSA) is 72.8 Å². The minimum Gasteiger partial charge on any atom is -0.497 e. The van der Waals surface area contributed by atoms with E-state index in [0.29, 0.717) is 18.6 Å². The second kappa shape index (κ2) is 9.14. The molecule has 188 valence electrons. The highest BCUT2D eigenvalue weighted by molar-refractivity contribution is 7.91. The summed E-state index contributed by atoms with van der Waals surface area (Å²) in [4.78, 5) is 0. The number of aliphatic hydroxyl groups is 1. The Morgan fingerprint density at radius 1 is 1.17 bits per heavy atom. The number of sulfone groups is 1. The van der Waals surface area contributed by atoms with Crippen LogP contribution in [0.3, 0.4) is 0 Å². The highest BCUT2D eigenvalue weighted by atomic mass is 32.2. The minimum atomic E-state index is -3.33. The van der Waals surface area contributed by atoms with E-state index in [0.717, 1.165) is 38.8 Å². The molecule has 0 fully saturated rings. The van der Waals surface area contributed by atoms with Crippen LogP contribution in [0.25, 0.3) is 10.8 Å². The zero-order chi connectivity index (χ0) is 25.6. The van der Waals surface area contributed by atoms with Gasteiger partial charge in [-0.1, -0.05) is 36.8 Å². The molecule has 1 N–H and O–H groups in total. The van der Waals surface area contributed by atoms with E-state index in [9.17, 15) is 13.5 Å². The maximum atomic E-state index is 13.2. The summed E-state index contributed by atoms with van der Waals surface area (Å²) in [5, 5.41) is 13.0.